The van der Waals surface area contributed by atoms with Gasteiger partial charge in [0.05, 0.1) is 17.2 Å². The van der Waals surface area contributed by atoms with Crippen molar-refractivity contribution in [3.63, 3.8) is 0 Å². The fourth-order valence-corrected chi connectivity index (χ4v) is 2.71. The Balaban J connectivity index is 1.66. The van der Waals surface area contributed by atoms with Gasteiger partial charge in [0.25, 0.3) is 0 Å². The molecule has 5 heteroatoms. The summed E-state index contributed by atoms with van der Waals surface area (Å²) in [4.78, 5) is 11.9. The van der Waals surface area contributed by atoms with Crippen molar-refractivity contribution in [2.24, 2.45) is 0 Å². The van der Waals surface area contributed by atoms with Crippen molar-refractivity contribution in [1.29, 1.82) is 0 Å². The second kappa shape index (κ2) is 9.55. The first kappa shape index (κ1) is 18.6. The minimum atomic E-state index is 0.0479. The van der Waals surface area contributed by atoms with E-state index in [2.05, 4.69) is 11.4 Å². The van der Waals surface area contributed by atoms with Crippen LogP contribution in [0.5, 0.6) is 5.75 Å². The van der Waals surface area contributed by atoms with Crippen molar-refractivity contribution in [3.05, 3.63) is 63.6 Å². The number of hydrogen-bond donors (Lipinski definition) is 1. The first-order valence-corrected chi connectivity index (χ1v) is 8.67. The van der Waals surface area contributed by atoms with Gasteiger partial charge in [0, 0.05) is 13.0 Å². The van der Waals surface area contributed by atoms with E-state index in [-0.39, 0.29) is 5.91 Å². The maximum Gasteiger partial charge on any atom is 0.220 e. The van der Waals surface area contributed by atoms with E-state index in [0.29, 0.717) is 29.4 Å². The number of rotatable bonds is 8. The molecule has 0 bridgehead atoms. The van der Waals surface area contributed by atoms with Crippen molar-refractivity contribution in [2.45, 2.75) is 25.7 Å². The Morgan fingerprint density at radius 1 is 1.04 bits per heavy atom. The molecule has 128 valence electrons. The minimum Gasteiger partial charge on any atom is -0.497 e. The summed E-state index contributed by atoms with van der Waals surface area (Å²) < 4.78 is 5.20. The third-order valence-corrected chi connectivity index (χ3v) is 4.46. The van der Waals surface area contributed by atoms with Crippen LogP contribution < -0.4 is 10.1 Å². The molecule has 1 N–H and O–H groups in total. The molecule has 24 heavy (non-hydrogen) atoms. The fraction of sp³-hybridized carbons (Fsp3) is 0.316. The summed E-state index contributed by atoms with van der Waals surface area (Å²) in [6, 6.07) is 13.4. The topological polar surface area (TPSA) is 38.3 Å². The van der Waals surface area contributed by atoms with Crippen LogP contribution in [0, 0.1) is 0 Å². The predicted molar refractivity (Wildman–Crippen MR) is 99.1 cm³/mol. The molecule has 0 spiro atoms. The standard InChI is InChI=1S/C19H21Cl2NO2/c1-24-16-6-2-4-14(12-16)5-3-11-22-19(23)10-8-15-7-9-17(20)18(21)13-15/h2,4,6-7,9,12-13H,3,5,8,10-11H2,1H3,(H,22,23). The van der Waals surface area contributed by atoms with E-state index in [1.54, 1.807) is 19.2 Å². The van der Waals surface area contributed by atoms with Crippen LogP contribution in [-0.4, -0.2) is 19.6 Å². The predicted octanol–water partition coefficient (Wildman–Crippen LogP) is 4.68. The summed E-state index contributed by atoms with van der Waals surface area (Å²) in [6.07, 6.45) is 2.89. The third-order valence-electron chi connectivity index (χ3n) is 3.72. The number of carbonyl (C=O) groups is 1. The number of nitrogens with one attached hydrogen (secondary N) is 1. The summed E-state index contributed by atoms with van der Waals surface area (Å²) in [7, 11) is 1.66. The van der Waals surface area contributed by atoms with E-state index in [9.17, 15) is 4.79 Å². The molecule has 1 amide bonds. The Morgan fingerprint density at radius 3 is 2.58 bits per heavy atom. The molecule has 0 saturated heterocycles. The summed E-state index contributed by atoms with van der Waals surface area (Å²) in [5, 5.41) is 4.00. The lowest BCUT2D eigenvalue weighted by atomic mass is 10.1. The Hall–Kier alpha value is -1.71. The lowest BCUT2D eigenvalue weighted by Crippen LogP contribution is -2.24. The lowest BCUT2D eigenvalue weighted by Gasteiger charge is -2.07. The van der Waals surface area contributed by atoms with Gasteiger partial charge in [-0.1, -0.05) is 41.4 Å². The van der Waals surface area contributed by atoms with E-state index < -0.39 is 0 Å². The Kier molecular flexibility index (Phi) is 7.41. The summed E-state index contributed by atoms with van der Waals surface area (Å²) in [6.45, 7) is 0.664. The van der Waals surface area contributed by atoms with E-state index in [0.717, 1.165) is 24.2 Å². The fourth-order valence-electron chi connectivity index (χ4n) is 2.39. The SMILES string of the molecule is COc1cccc(CCCNC(=O)CCc2ccc(Cl)c(Cl)c2)c1. The highest BCUT2D eigenvalue weighted by Crippen LogP contribution is 2.23. The van der Waals surface area contributed by atoms with Gasteiger partial charge in [0.2, 0.25) is 5.91 Å². The number of methoxy groups -OCH3 is 1. The number of benzene rings is 2. The second-order valence-corrected chi connectivity index (χ2v) is 6.37. The highest BCUT2D eigenvalue weighted by Gasteiger charge is 2.04. The zero-order chi connectivity index (χ0) is 17.4. The Bertz CT molecular complexity index is 689. The highest BCUT2D eigenvalue weighted by atomic mass is 35.5. The molecular weight excluding hydrogens is 345 g/mol. The molecule has 0 saturated carbocycles. The van der Waals surface area contributed by atoms with Crippen LogP contribution in [0.3, 0.4) is 0 Å². The zero-order valence-electron chi connectivity index (χ0n) is 13.6. The molecule has 0 unspecified atom stereocenters. The number of carbonyl (C=O) groups excluding carboxylic acids is 1. The van der Waals surface area contributed by atoms with Crippen LogP contribution in [0.15, 0.2) is 42.5 Å². The highest BCUT2D eigenvalue weighted by molar-refractivity contribution is 6.42. The molecule has 2 aromatic carbocycles. The number of halogens is 2. The van der Waals surface area contributed by atoms with Gasteiger partial charge in [-0.2, -0.15) is 0 Å². The number of amides is 1. The zero-order valence-corrected chi connectivity index (χ0v) is 15.2. The molecule has 0 aliphatic rings. The van der Waals surface area contributed by atoms with E-state index in [1.165, 1.54) is 5.56 Å². The molecule has 0 fully saturated rings. The van der Waals surface area contributed by atoms with Crippen molar-refractivity contribution in [1.82, 2.24) is 5.32 Å². The van der Waals surface area contributed by atoms with Gasteiger partial charge in [-0.3, -0.25) is 4.79 Å². The molecule has 0 aliphatic heterocycles. The third kappa shape index (κ3) is 6.06. The molecule has 0 radical (unpaired) electrons. The summed E-state index contributed by atoms with van der Waals surface area (Å²) in [5.74, 6) is 0.907. The molecule has 0 heterocycles. The summed E-state index contributed by atoms with van der Waals surface area (Å²) in [5.41, 5.74) is 2.22. The quantitative estimate of drug-likeness (QED) is 0.689. The first-order chi connectivity index (χ1) is 11.6. The van der Waals surface area contributed by atoms with E-state index in [4.69, 9.17) is 27.9 Å². The van der Waals surface area contributed by atoms with Crippen LogP contribution in [0.2, 0.25) is 10.0 Å². The minimum absolute atomic E-state index is 0.0479. The maximum absolute atomic E-state index is 11.9. The summed E-state index contributed by atoms with van der Waals surface area (Å²) >= 11 is 11.8. The Labute approximate surface area is 152 Å². The van der Waals surface area contributed by atoms with Gasteiger partial charge < -0.3 is 10.1 Å². The van der Waals surface area contributed by atoms with Crippen LogP contribution in [0.1, 0.15) is 24.0 Å². The van der Waals surface area contributed by atoms with Crippen molar-refractivity contribution in [2.75, 3.05) is 13.7 Å². The van der Waals surface area contributed by atoms with Crippen molar-refractivity contribution < 1.29 is 9.53 Å². The number of ether oxygens (including phenoxy) is 1. The maximum atomic E-state index is 11.9. The van der Waals surface area contributed by atoms with Crippen LogP contribution in [0.25, 0.3) is 0 Å². The van der Waals surface area contributed by atoms with Gasteiger partial charge in [-0.15, -0.1) is 0 Å². The second-order valence-electron chi connectivity index (χ2n) is 5.55. The van der Waals surface area contributed by atoms with Gasteiger partial charge in [-0.05, 0) is 54.7 Å². The number of hydrogen-bond acceptors (Lipinski definition) is 2. The molecule has 0 aromatic heterocycles. The molecule has 0 aliphatic carbocycles. The monoisotopic (exact) mass is 365 g/mol. The van der Waals surface area contributed by atoms with E-state index in [1.807, 2.05) is 24.3 Å². The van der Waals surface area contributed by atoms with Crippen molar-refractivity contribution >= 4 is 29.1 Å². The molecule has 2 aromatic rings. The molecule has 2 rings (SSSR count). The smallest absolute Gasteiger partial charge is 0.220 e. The van der Waals surface area contributed by atoms with E-state index >= 15 is 0 Å². The molecule has 0 atom stereocenters. The first-order valence-electron chi connectivity index (χ1n) is 7.92. The largest absolute Gasteiger partial charge is 0.497 e. The van der Waals surface area contributed by atoms with Crippen molar-refractivity contribution in [3.8, 4) is 5.75 Å². The van der Waals surface area contributed by atoms with Crippen LogP contribution >= 0.6 is 23.2 Å². The normalized spacial score (nSPS) is 10.5. The number of aryl methyl sites for hydroxylation is 2. The molecule has 3 nitrogen and oxygen atoms in total. The van der Waals surface area contributed by atoms with Gasteiger partial charge in [0.1, 0.15) is 5.75 Å². The van der Waals surface area contributed by atoms with Gasteiger partial charge in [-0.25, -0.2) is 0 Å². The lowest BCUT2D eigenvalue weighted by molar-refractivity contribution is -0.121. The molecular formula is C19H21Cl2NO2. The van der Waals surface area contributed by atoms with Crippen LogP contribution in [0.4, 0.5) is 0 Å². The van der Waals surface area contributed by atoms with Crippen LogP contribution in [-0.2, 0) is 17.6 Å². The van der Waals surface area contributed by atoms with Gasteiger partial charge in [0.15, 0.2) is 0 Å². The van der Waals surface area contributed by atoms with Gasteiger partial charge >= 0.3 is 0 Å². The average molecular weight is 366 g/mol. The average Bonchev–Trinajstić information content (AvgIpc) is 2.60. The Morgan fingerprint density at radius 2 is 1.83 bits per heavy atom.